The molecule has 1 atom stereocenters. The smallest absolute Gasteiger partial charge is 0.408 e. The van der Waals surface area contributed by atoms with Crippen LogP contribution in [0.25, 0.3) is 0 Å². The van der Waals surface area contributed by atoms with Crippen molar-refractivity contribution in [2.45, 2.75) is 18.7 Å². The van der Waals surface area contributed by atoms with Crippen LogP contribution in [-0.4, -0.2) is 26.2 Å². The van der Waals surface area contributed by atoms with Crippen LogP contribution >= 0.6 is 0 Å². The van der Waals surface area contributed by atoms with Gasteiger partial charge in [-0.2, -0.15) is 0 Å². The second-order valence-electron chi connectivity index (χ2n) is 4.14. The molecule has 1 unspecified atom stereocenters. The first-order valence-electron chi connectivity index (χ1n) is 5.84. The Morgan fingerprint density at radius 3 is 2.53 bits per heavy atom. The Kier molecular flexibility index (Phi) is 4.17. The van der Waals surface area contributed by atoms with Gasteiger partial charge in [0.25, 0.3) is 0 Å². The molecule has 1 aliphatic rings. The van der Waals surface area contributed by atoms with E-state index in [4.69, 9.17) is 15.0 Å². The molecular weight excluding hydrogens is 217 g/mol. The minimum Gasteiger partial charge on any atom is -0.408 e. The van der Waals surface area contributed by atoms with Crippen molar-refractivity contribution < 1.29 is 14.1 Å². The normalized spacial score (nSPS) is 17.1. The van der Waals surface area contributed by atoms with Gasteiger partial charge in [-0.25, -0.2) is 0 Å². The number of hydrogen-bond acceptors (Lipinski definition) is 3. The molecule has 1 heterocycles. The Hall–Kier alpha value is -1.33. The molecule has 0 bridgehead atoms. The minimum atomic E-state index is -0.462. The number of hydrogen-bond donors (Lipinski definition) is 1. The molecule has 1 aliphatic heterocycles. The predicted octanol–water partition coefficient (Wildman–Crippen LogP) is 1.01. The number of nitrogens with two attached hydrogens (primary N) is 1. The van der Waals surface area contributed by atoms with Crippen molar-refractivity contribution in [3.8, 4) is 0 Å². The molecule has 2 rings (SSSR count). The van der Waals surface area contributed by atoms with E-state index in [9.17, 15) is 4.79 Å². The maximum absolute atomic E-state index is 11.4. The Bertz CT molecular complexity index is 365. The summed E-state index contributed by atoms with van der Waals surface area (Å²) >= 11 is 0. The number of carbonyl (C=O) groups excluding carboxylic acids is 1. The van der Waals surface area contributed by atoms with Gasteiger partial charge in [0.1, 0.15) is 0 Å². The predicted molar refractivity (Wildman–Crippen MR) is 65.4 cm³/mol. The summed E-state index contributed by atoms with van der Waals surface area (Å²) in [5.74, 6) is -0.717. The summed E-state index contributed by atoms with van der Waals surface area (Å²) < 4.78 is 10.7. The van der Waals surface area contributed by atoms with E-state index in [1.807, 2.05) is 30.3 Å². The lowest BCUT2D eigenvalue weighted by molar-refractivity contribution is -0.118. The lowest BCUT2D eigenvalue weighted by Gasteiger charge is -2.14. The fourth-order valence-corrected chi connectivity index (χ4v) is 1.99. The van der Waals surface area contributed by atoms with Crippen molar-refractivity contribution in [1.29, 1.82) is 0 Å². The quantitative estimate of drug-likeness (QED) is 0.772. The van der Waals surface area contributed by atoms with E-state index in [-0.39, 0.29) is 11.7 Å². The molecule has 0 saturated carbocycles. The molecule has 1 aromatic rings. The molecule has 0 spiro atoms. The number of carbonyl (C=O) groups is 1. The molecular formula is C12H16BNO3. The average molecular weight is 233 g/mol. The summed E-state index contributed by atoms with van der Waals surface area (Å²) in [6.07, 6.45) is 1.46. The first kappa shape index (κ1) is 12.1. The van der Waals surface area contributed by atoms with Crippen molar-refractivity contribution >= 4 is 13.0 Å². The zero-order valence-corrected chi connectivity index (χ0v) is 9.67. The van der Waals surface area contributed by atoms with E-state index in [1.54, 1.807) is 0 Å². The Morgan fingerprint density at radius 2 is 1.94 bits per heavy atom. The molecule has 1 amide bonds. The van der Waals surface area contributed by atoms with E-state index in [2.05, 4.69) is 0 Å². The molecule has 0 aromatic heterocycles. The molecule has 17 heavy (non-hydrogen) atoms. The van der Waals surface area contributed by atoms with Gasteiger partial charge in [0, 0.05) is 0 Å². The Balaban J connectivity index is 1.92. The fraction of sp³-hybridized carbons (Fsp3) is 0.417. The van der Waals surface area contributed by atoms with Crippen LogP contribution < -0.4 is 5.73 Å². The lowest BCUT2D eigenvalue weighted by atomic mass is 9.69. The fourth-order valence-electron chi connectivity index (χ4n) is 1.99. The van der Waals surface area contributed by atoms with Gasteiger partial charge in [0.05, 0.1) is 19.0 Å². The van der Waals surface area contributed by atoms with Crippen LogP contribution in [0.3, 0.4) is 0 Å². The average Bonchev–Trinajstić information content (AvgIpc) is 2.84. The maximum atomic E-state index is 11.4. The number of aryl methyl sites for hydroxylation is 1. The van der Waals surface area contributed by atoms with Crippen LogP contribution in [0.2, 0.25) is 5.82 Å². The number of rotatable bonds is 5. The maximum Gasteiger partial charge on any atom is 0.470 e. The number of benzene rings is 1. The molecule has 2 N–H and O–H groups in total. The van der Waals surface area contributed by atoms with Crippen molar-refractivity contribution in [2.75, 3.05) is 13.2 Å². The third-order valence-corrected chi connectivity index (χ3v) is 2.93. The van der Waals surface area contributed by atoms with Gasteiger partial charge in [-0.1, -0.05) is 30.3 Å². The van der Waals surface area contributed by atoms with E-state index in [1.165, 1.54) is 5.56 Å². The van der Waals surface area contributed by atoms with Crippen molar-refractivity contribution in [1.82, 2.24) is 0 Å². The molecule has 1 aromatic carbocycles. The summed E-state index contributed by atoms with van der Waals surface area (Å²) in [5.41, 5.74) is 6.57. The molecule has 0 aliphatic carbocycles. The zero-order chi connectivity index (χ0) is 12.1. The summed E-state index contributed by atoms with van der Waals surface area (Å²) in [7, 11) is -0.462. The van der Waals surface area contributed by atoms with Crippen LogP contribution in [0.5, 0.6) is 0 Å². The number of amides is 1. The molecule has 1 fully saturated rings. The van der Waals surface area contributed by atoms with Crippen molar-refractivity contribution in [3.05, 3.63) is 35.9 Å². The van der Waals surface area contributed by atoms with Gasteiger partial charge in [0.15, 0.2) is 0 Å². The minimum absolute atomic E-state index is 0.354. The molecule has 90 valence electrons. The SMILES string of the molecule is NC(=O)C(CCc1ccccc1)B1OCCO1. The molecule has 0 radical (unpaired) electrons. The summed E-state index contributed by atoms with van der Waals surface area (Å²) in [6.45, 7) is 1.08. The highest BCUT2D eigenvalue weighted by atomic mass is 16.6. The first-order valence-corrected chi connectivity index (χ1v) is 5.84. The third-order valence-electron chi connectivity index (χ3n) is 2.93. The monoisotopic (exact) mass is 233 g/mol. The molecule has 4 nitrogen and oxygen atoms in total. The topological polar surface area (TPSA) is 61.6 Å². The molecule has 1 saturated heterocycles. The highest BCUT2D eigenvalue weighted by Gasteiger charge is 2.37. The van der Waals surface area contributed by atoms with Gasteiger partial charge in [-0.3, -0.25) is 4.79 Å². The van der Waals surface area contributed by atoms with Crippen molar-refractivity contribution in [3.63, 3.8) is 0 Å². The van der Waals surface area contributed by atoms with E-state index in [0.717, 1.165) is 6.42 Å². The van der Waals surface area contributed by atoms with Gasteiger partial charge < -0.3 is 15.0 Å². The van der Waals surface area contributed by atoms with Crippen LogP contribution in [0, 0.1) is 0 Å². The summed E-state index contributed by atoms with van der Waals surface area (Å²) in [5, 5.41) is 0. The van der Waals surface area contributed by atoms with Gasteiger partial charge in [0.2, 0.25) is 5.91 Å². The first-order chi connectivity index (χ1) is 8.27. The van der Waals surface area contributed by atoms with Gasteiger partial charge in [-0.05, 0) is 18.4 Å². The van der Waals surface area contributed by atoms with Gasteiger partial charge >= 0.3 is 7.12 Å². The largest absolute Gasteiger partial charge is 0.470 e. The standard InChI is InChI=1S/C12H16BNO3/c14-12(15)11(13-16-8-9-17-13)7-6-10-4-2-1-3-5-10/h1-5,11H,6-9H2,(H2,14,15). The highest BCUT2D eigenvalue weighted by Crippen LogP contribution is 2.22. The van der Waals surface area contributed by atoms with Crippen LogP contribution in [0.1, 0.15) is 12.0 Å². The van der Waals surface area contributed by atoms with Gasteiger partial charge in [-0.15, -0.1) is 0 Å². The second-order valence-corrected chi connectivity index (χ2v) is 4.14. The Morgan fingerprint density at radius 1 is 1.29 bits per heavy atom. The second kappa shape index (κ2) is 5.84. The van der Waals surface area contributed by atoms with E-state index < -0.39 is 7.12 Å². The lowest BCUT2D eigenvalue weighted by Crippen LogP contribution is -2.33. The van der Waals surface area contributed by atoms with Crippen LogP contribution in [-0.2, 0) is 20.5 Å². The number of primary amides is 1. The van der Waals surface area contributed by atoms with Crippen LogP contribution in [0.4, 0.5) is 0 Å². The summed E-state index contributed by atoms with van der Waals surface area (Å²) in [6, 6.07) is 10.0. The van der Waals surface area contributed by atoms with E-state index >= 15 is 0 Å². The van der Waals surface area contributed by atoms with Crippen molar-refractivity contribution in [2.24, 2.45) is 5.73 Å². The summed E-state index contributed by atoms with van der Waals surface area (Å²) in [4.78, 5) is 11.4. The van der Waals surface area contributed by atoms with Crippen LogP contribution in [0.15, 0.2) is 30.3 Å². The molecule has 5 heteroatoms. The highest BCUT2D eigenvalue weighted by molar-refractivity contribution is 6.52. The Labute approximate surface area is 101 Å². The van der Waals surface area contributed by atoms with E-state index in [0.29, 0.717) is 19.6 Å². The third kappa shape index (κ3) is 3.31. The zero-order valence-electron chi connectivity index (χ0n) is 9.67.